The van der Waals surface area contributed by atoms with E-state index in [1.165, 1.54) is 0 Å². The Morgan fingerprint density at radius 3 is 2.19 bits per heavy atom. The van der Waals surface area contributed by atoms with Gasteiger partial charge in [0.15, 0.2) is 17.6 Å². The Morgan fingerprint density at radius 2 is 1.69 bits per heavy atom. The maximum atomic E-state index is 13.1. The second-order valence-corrected chi connectivity index (χ2v) is 5.45. The molecule has 1 aliphatic rings. The first-order valence-electron chi connectivity index (χ1n) is 6.97. The standard InChI is InChI=1S/C12H10F6N4O4/c13-11(14,15)7-3-1-19-22(8(3)21-10(20-7)12(16,17)18)9-6(25)5(24)4(2-23)26-9/h1,4-6,9,23-25H,2H2. The van der Waals surface area contributed by atoms with Crippen LogP contribution in [0.1, 0.15) is 17.7 Å². The molecule has 3 heterocycles. The molecule has 2 aromatic rings. The van der Waals surface area contributed by atoms with Crippen LogP contribution in [0.5, 0.6) is 0 Å². The summed E-state index contributed by atoms with van der Waals surface area (Å²) in [5, 5.41) is 31.3. The third-order valence-electron chi connectivity index (χ3n) is 3.73. The number of hydrogen-bond donors (Lipinski definition) is 3. The van der Waals surface area contributed by atoms with Crippen molar-refractivity contribution in [1.29, 1.82) is 0 Å². The fourth-order valence-corrected chi connectivity index (χ4v) is 2.54. The predicted molar refractivity (Wildman–Crippen MR) is 68.3 cm³/mol. The van der Waals surface area contributed by atoms with Crippen molar-refractivity contribution >= 4 is 11.0 Å². The number of aromatic nitrogens is 4. The second-order valence-electron chi connectivity index (χ2n) is 5.45. The van der Waals surface area contributed by atoms with Crippen LogP contribution in [0.15, 0.2) is 6.20 Å². The summed E-state index contributed by atoms with van der Waals surface area (Å²) < 4.78 is 83.4. The molecule has 4 atom stereocenters. The van der Waals surface area contributed by atoms with Crippen LogP contribution in [-0.4, -0.2) is 60.0 Å². The van der Waals surface area contributed by atoms with Crippen LogP contribution in [-0.2, 0) is 17.1 Å². The SMILES string of the molecule is OCC1OC(n2ncc3c(C(F)(F)F)nc(C(F)(F)F)nc32)C(O)C1O. The molecule has 0 amide bonds. The number of ether oxygens (including phenoxy) is 1. The monoisotopic (exact) mass is 388 g/mol. The molecule has 1 saturated heterocycles. The topological polar surface area (TPSA) is 114 Å². The van der Waals surface area contributed by atoms with Gasteiger partial charge in [-0.1, -0.05) is 0 Å². The fourth-order valence-electron chi connectivity index (χ4n) is 2.54. The normalized spacial score (nSPS) is 27.4. The van der Waals surface area contributed by atoms with Gasteiger partial charge in [0.05, 0.1) is 18.2 Å². The smallest absolute Gasteiger partial charge is 0.394 e. The zero-order chi connectivity index (χ0) is 19.4. The molecular weight excluding hydrogens is 378 g/mol. The van der Waals surface area contributed by atoms with Gasteiger partial charge >= 0.3 is 12.4 Å². The highest BCUT2D eigenvalue weighted by Gasteiger charge is 2.46. The Hall–Kier alpha value is -2.03. The molecule has 8 nitrogen and oxygen atoms in total. The first kappa shape index (κ1) is 18.8. The van der Waals surface area contributed by atoms with E-state index in [0.29, 0.717) is 10.9 Å². The van der Waals surface area contributed by atoms with Crippen molar-refractivity contribution < 1.29 is 46.4 Å². The van der Waals surface area contributed by atoms with Gasteiger partial charge in [-0.15, -0.1) is 0 Å². The maximum Gasteiger partial charge on any atom is 0.451 e. The third kappa shape index (κ3) is 2.98. The Balaban J connectivity index is 2.20. The van der Waals surface area contributed by atoms with Crippen LogP contribution >= 0.6 is 0 Å². The summed E-state index contributed by atoms with van der Waals surface area (Å²) in [6.07, 6.45) is -16.3. The molecule has 0 spiro atoms. The molecule has 0 aliphatic carbocycles. The summed E-state index contributed by atoms with van der Waals surface area (Å²) in [5.41, 5.74) is -2.75. The maximum absolute atomic E-state index is 13.1. The number of rotatable bonds is 2. The summed E-state index contributed by atoms with van der Waals surface area (Å²) in [6.45, 7) is -0.746. The molecular formula is C12H10F6N4O4. The van der Waals surface area contributed by atoms with Crippen molar-refractivity contribution in [3.8, 4) is 0 Å². The average Bonchev–Trinajstić information content (AvgIpc) is 3.07. The Kier molecular flexibility index (Phi) is 4.33. The van der Waals surface area contributed by atoms with Crippen molar-refractivity contribution in [2.24, 2.45) is 0 Å². The first-order chi connectivity index (χ1) is 11.9. The lowest BCUT2D eigenvalue weighted by molar-refractivity contribution is -0.151. The molecule has 4 unspecified atom stereocenters. The van der Waals surface area contributed by atoms with Crippen LogP contribution in [0, 0.1) is 0 Å². The van der Waals surface area contributed by atoms with Crippen molar-refractivity contribution in [3.63, 3.8) is 0 Å². The van der Waals surface area contributed by atoms with Crippen LogP contribution in [0.2, 0.25) is 0 Å². The van der Waals surface area contributed by atoms with Gasteiger partial charge in [0.25, 0.3) is 0 Å². The highest BCUT2D eigenvalue weighted by molar-refractivity contribution is 5.78. The molecule has 1 aliphatic heterocycles. The Bertz CT molecular complexity index is 822. The van der Waals surface area contributed by atoms with Gasteiger partial charge < -0.3 is 20.1 Å². The quantitative estimate of drug-likeness (QED) is 0.641. The third-order valence-corrected chi connectivity index (χ3v) is 3.73. The van der Waals surface area contributed by atoms with Crippen LogP contribution in [0.4, 0.5) is 26.3 Å². The van der Waals surface area contributed by atoms with E-state index in [2.05, 4.69) is 15.1 Å². The van der Waals surface area contributed by atoms with Crippen molar-refractivity contribution in [3.05, 3.63) is 17.7 Å². The highest BCUT2D eigenvalue weighted by atomic mass is 19.4. The number of fused-ring (bicyclic) bond motifs is 1. The lowest BCUT2D eigenvalue weighted by Gasteiger charge is -2.17. The molecule has 0 saturated carbocycles. The molecule has 14 heteroatoms. The molecule has 1 fully saturated rings. The van der Waals surface area contributed by atoms with Gasteiger partial charge in [0.2, 0.25) is 5.82 Å². The molecule has 3 N–H and O–H groups in total. The van der Waals surface area contributed by atoms with Gasteiger partial charge in [-0.3, -0.25) is 0 Å². The Labute approximate surface area is 139 Å². The predicted octanol–water partition coefficient (Wildman–Crippen LogP) is 0.475. The summed E-state index contributed by atoms with van der Waals surface area (Å²) in [7, 11) is 0. The molecule has 2 aromatic heterocycles. The zero-order valence-corrected chi connectivity index (χ0v) is 12.4. The van der Waals surface area contributed by atoms with Crippen LogP contribution in [0.25, 0.3) is 11.0 Å². The minimum Gasteiger partial charge on any atom is -0.394 e. The summed E-state index contributed by atoms with van der Waals surface area (Å²) >= 11 is 0. The fraction of sp³-hybridized carbons (Fsp3) is 0.583. The van der Waals surface area contributed by atoms with E-state index in [1.807, 2.05) is 0 Å². The van der Waals surface area contributed by atoms with Crippen molar-refractivity contribution in [2.75, 3.05) is 6.61 Å². The largest absolute Gasteiger partial charge is 0.451 e. The van der Waals surface area contributed by atoms with E-state index in [9.17, 15) is 36.6 Å². The number of nitrogens with zero attached hydrogens (tertiary/aromatic N) is 4. The lowest BCUT2D eigenvalue weighted by Crippen LogP contribution is -2.33. The average molecular weight is 388 g/mol. The highest BCUT2D eigenvalue weighted by Crippen LogP contribution is 2.38. The van der Waals surface area contributed by atoms with E-state index in [4.69, 9.17) is 9.84 Å². The first-order valence-corrected chi connectivity index (χ1v) is 6.97. The zero-order valence-electron chi connectivity index (χ0n) is 12.4. The number of hydrogen-bond acceptors (Lipinski definition) is 7. The molecule has 144 valence electrons. The number of alkyl halides is 6. The minimum atomic E-state index is -5.27. The number of halogens is 6. The molecule has 26 heavy (non-hydrogen) atoms. The molecule has 3 rings (SSSR count). The van der Waals surface area contributed by atoms with E-state index in [1.54, 1.807) is 0 Å². The van der Waals surface area contributed by atoms with E-state index >= 15 is 0 Å². The van der Waals surface area contributed by atoms with Crippen LogP contribution in [0.3, 0.4) is 0 Å². The number of aliphatic hydroxyl groups excluding tert-OH is 3. The van der Waals surface area contributed by atoms with Crippen LogP contribution < -0.4 is 0 Å². The molecule has 0 radical (unpaired) electrons. The number of aliphatic hydroxyl groups is 3. The van der Waals surface area contributed by atoms with E-state index in [-0.39, 0.29) is 0 Å². The lowest BCUT2D eigenvalue weighted by atomic mass is 10.1. The Morgan fingerprint density at radius 1 is 1.04 bits per heavy atom. The van der Waals surface area contributed by atoms with Gasteiger partial charge in [-0.2, -0.15) is 31.4 Å². The summed E-state index contributed by atoms with van der Waals surface area (Å²) in [5.74, 6) is -2.05. The van der Waals surface area contributed by atoms with Crippen molar-refractivity contribution in [2.45, 2.75) is 36.9 Å². The van der Waals surface area contributed by atoms with Gasteiger partial charge in [-0.25, -0.2) is 14.6 Å². The summed E-state index contributed by atoms with van der Waals surface area (Å²) in [4.78, 5) is 5.61. The van der Waals surface area contributed by atoms with Crippen molar-refractivity contribution in [1.82, 2.24) is 19.7 Å². The second kappa shape index (κ2) is 6.00. The van der Waals surface area contributed by atoms with E-state index < -0.39 is 66.1 Å². The molecule has 0 bridgehead atoms. The van der Waals surface area contributed by atoms with E-state index in [0.717, 1.165) is 0 Å². The summed E-state index contributed by atoms with van der Waals surface area (Å²) in [6, 6.07) is 0. The van der Waals surface area contributed by atoms with Gasteiger partial charge in [-0.05, 0) is 0 Å². The van der Waals surface area contributed by atoms with Gasteiger partial charge in [0.1, 0.15) is 18.3 Å². The van der Waals surface area contributed by atoms with Gasteiger partial charge in [0, 0.05) is 0 Å². The minimum absolute atomic E-state index is 0.477. The molecule has 0 aromatic carbocycles.